The molecule has 1 saturated carbocycles. The van der Waals surface area contributed by atoms with Crippen LogP contribution in [0.2, 0.25) is 0 Å². The third-order valence-electron chi connectivity index (χ3n) is 4.56. The zero-order chi connectivity index (χ0) is 19.4. The van der Waals surface area contributed by atoms with Gasteiger partial charge >= 0.3 is 0 Å². The monoisotopic (exact) mass is 394 g/mol. The van der Waals surface area contributed by atoms with E-state index in [2.05, 4.69) is 10.0 Å². The number of sulfonamides is 1. The first-order chi connectivity index (χ1) is 12.8. The Morgan fingerprint density at radius 3 is 2.44 bits per heavy atom. The minimum Gasteiger partial charge on any atom is -0.323 e. The maximum atomic E-state index is 14.1. The van der Waals surface area contributed by atoms with Crippen LogP contribution in [0.4, 0.5) is 20.2 Å². The zero-order valence-electron chi connectivity index (χ0n) is 14.5. The van der Waals surface area contributed by atoms with Gasteiger partial charge in [-0.05, 0) is 49.2 Å². The molecule has 0 atom stereocenters. The normalized spacial score (nSPS) is 15.3. The summed E-state index contributed by atoms with van der Waals surface area (Å²) in [5, 5.41) is 2.55. The van der Waals surface area contributed by atoms with Crippen molar-refractivity contribution in [2.24, 2.45) is 5.92 Å². The van der Waals surface area contributed by atoms with E-state index in [4.69, 9.17) is 0 Å². The average Bonchev–Trinajstić information content (AvgIpc) is 2.65. The first-order valence-electron chi connectivity index (χ1n) is 8.74. The molecule has 0 saturated heterocycles. The highest BCUT2D eigenvalue weighted by Crippen LogP contribution is 2.27. The van der Waals surface area contributed by atoms with Crippen molar-refractivity contribution in [3.63, 3.8) is 0 Å². The number of nitrogens with one attached hydrogen (secondary N) is 2. The van der Waals surface area contributed by atoms with Crippen LogP contribution >= 0.6 is 0 Å². The molecule has 1 amide bonds. The van der Waals surface area contributed by atoms with E-state index in [1.807, 2.05) is 0 Å². The smallest absolute Gasteiger partial charge is 0.261 e. The van der Waals surface area contributed by atoms with Gasteiger partial charge in [-0.3, -0.25) is 9.52 Å². The van der Waals surface area contributed by atoms with Crippen LogP contribution < -0.4 is 10.0 Å². The van der Waals surface area contributed by atoms with Gasteiger partial charge in [-0.15, -0.1) is 0 Å². The van der Waals surface area contributed by atoms with E-state index in [0.717, 1.165) is 50.3 Å². The summed E-state index contributed by atoms with van der Waals surface area (Å²) in [5.41, 5.74) is -0.0235. The van der Waals surface area contributed by atoms with E-state index in [1.165, 1.54) is 24.3 Å². The Hall–Kier alpha value is -2.48. The minimum atomic E-state index is -4.04. The quantitative estimate of drug-likeness (QED) is 0.795. The Bertz CT molecular complexity index is 942. The molecule has 8 heteroatoms. The van der Waals surface area contributed by atoms with Gasteiger partial charge in [0.25, 0.3) is 10.0 Å². The first-order valence-corrected chi connectivity index (χ1v) is 10.2. The molecule has 5 nitrogen and oxygen atoms in total. The van der Waals surface area contributed by atoms with Crippen LogP contribution in [0.1, 0.15) is 32.1 Å². The topological polar surface area (TPSA) is 75.3 Å². The van der Waals surface area contributed by atoms with Crippen molar-refractivity contribution in [1.29, 1.82) is 0 Å². The van der Waals surface area contributed by atoms with Crippen molar-refractivity contribution in [2.75, 3.05) is 10.0 Å². The summed E-state index contributed by atoms with van der Waals surface area (Å²) in [6.45, 7) is 0. The molecule has 0 aromatic heterocycles. The molecule has 3 rings (SSSR count). The van der Waals surface area contributed by atoms with Crippen molar-refractivity contribution in [2.45, 2.75) is 37.0 Å². The number of carbonyl (C=O) groups excluding carboxylic acids is 1. The van der Waals surface area contributed by atoms with Crippen molar-refractivity contribution in [3.8, 4) is 0 Å². The Labute approximate surface area is 156 Å². The number of carbonyl (C=O) groups is 1. The molecule has 1 aliphatic carbocycles. The van der Waals surface area contributed by atoms with Crippen molar-refractivity contribution >= 4 is 27.3 Å². The molecule has 0 heterocycles. The highest BCUT2D eigenvalue weighted by molar-refractivity contribution is 7.92. The Morgan fingerprint density at radius 1 is 1.00 bits per heavy atom. The summed E-state index contributed by atoms with van der Waals surface area (Å²) < 4.78 is 54.3. The molecular weight excluding hydrogens is 374 g/mol. The lowest BCUT2D eigenvalue weighted by Crippen LogP contribution is -2.25. The van der Waals surface area contributed by atoms with Gasteiger partial charge in [-0.1, -0.05) is 25.3 Å². The number of hydrogen-bond donors (Lipinski definition) is 2. The molecule has 0 bridgehead atoms. The molecule has 0 aliphatic heterocycles. The van der Waals surface area contributed by atoms with Crippen LogP contribution in [0.25, 0.3) is 0 Å². The minimum absolute atomic E-state index is 0.0691. The lowest BCUT2D eigenvalue weighted by Gasteiger charge is -2.21. The largest absolute Gasteiger partial charge is 0.323 e. The Kier molecular flexibility index (Phi) is 5.74. The summed E-state index contributed by atoms with van der Waals surface area (Å²) in [5.74, 6) is -1.77. The maximum absolute atomic E-state index is 14.1. The third-order valence-corrected chi connectivity index (χ3v) is 5.94. The van der Waals surface area contributed by atoms with Gasteiger partial charge in [0.05, 0.1) is 16.3 Å². The fraction of sp³-hybridized carbons (Fsp3) is 0.316. The van der Waals surface area contributed by atoms with E-state index in [0.29, 0.717) is 0 Å². The molecule has 1 aliphatic rings. The van der Waals surface area contributed by atoms with E-state index in [1.54, 1.807) is 0 Å². The first kappa shape index (κ1) is 19.3. The van der Waals surface area contributed by atoms with Crippen LogP contribution in [0.15, 0.2) is 47.4 Å². The molecule has 144 valence electrons. The average molecular weight is 394 g/mol. The summed E-state index contributed by atoms with van der Waals surface area (Å²) >= 11 is 0. The van der Waals surface area contributed by atoms with Gasteiger partial charge in [0.2, 0.25) is 5.91 Å². The maximum Gasteiger partial charge on any atom is 0.261 e. The molecular formula is C19H20F2N2O3S. The SMILES string of the molecule is O=C(Nc1cc(NS(=O)(=O)c2cccc(F)c2)ccc1F)C1CCCCC1. The second-order valence-electron chi connectivity index (χ2n) is 6.58. The molecule has 2 N–H and O–H groups in total. The van der Waals surface area contributed by atoms with Crippen LogP contribution in [0.3, 0.4) is 0 Å². The lowest BCUT2D eigenvalue weighted by atomic mass is 9.88. The lowest BCUT2D eigenvalue weighted by molar-refractivity contribution is -0.120. The number of amides is 1. The van der Waals surface area contributed by atoms with Crippen LogP contribution in [-0.2, 0) is 14.8 Å². The predicted octanol–water partition coefficient (Wildman–Crippen LogP) is 4.28. The fourth-order valence-electron chi connectivity index (χ4n) is 3.13. The van der Waals surface area contributed by atoms with Crippen LogP contribution in [0.5, 0.6) is 0 Å². The number of benzene rings is 2. The summed E-state index contributed by atoms with van der Waals surface area (Å²) in [4.78, 5) is 12.1. The second kappa shape index (κ2) is 8.04. The number of rotatable bonds is 5. The van der Waals surface area contributed by atoms with Gasteiger partial charge < -0.3 is 5.32 Å². The molecule has 1 fully saturated rings. The summed E-state index contributed by atoms with van der Waals surface area (Å²) in [6, 6.07) is 8.08. The van der Waals surface area contributed by atoms with Gasteiger partial charge in [-0.2, -0.15) is 0 Å². The van der Waals surface area contributed by atoms with Gasteiger partial charge in [-0.25, -0.2) is 17.2 Å². The molecule has 2 aromatic rings. The fourth-order valence-corrected chi connectivity index (χ4v) is 4.21. The predicted molar refractivity (Wildman–Crippen MR) is 98.8 cm³/mol. The van der Waals surface area contributed by atoms with Crippen molar-refractivity contribution in [3.05, 3.63) is 54.1 Å². The number of anilines is 2. The summed E-state index contributed by atoms with van der Waals surface area (Å²) in [7, 11) is -4.04. The highest BCUT2D eigenvalue weighted by atomic mass is 32.2. The summed E-state index contributed by atoms with van der Waals surface area (Å²) in [6.07, 6.45) is 4.55. The van der Waals surface area contributed by atoms with Crippen molar-refractivity contribution < 1.29 is 22.0 Å². The van der Waals surface area contributed by atoms with E-state index < -0.39 is 21.7 Å². The molecule has 27 heavy (non-hydrogen) atoms. The standard InChI is InChI=1S/C19H20F2N2O3S/c20-14-7-4-8-16(11-14)27(25,26)23-15-9-10-17(21)18(12-15)22-19(24)13-5-2-1-3-6-13/h4,7-13,23H,1-3,5-6H2,(H,22,24). The van der Waals surface area contributed by atoms with Gasteiger partial charge in [0, 0.05) is 5.92 Å². The number of hydrogen-bond acceptors (Lipinski definition) is 3. The van der Waals surface area contributed by atoms with E-state index >= 15 is 0 Å². The second-order valence-corrected chi connectivity index (χ2v) is 8.26. The molecule has 0 spiro atoms. The van der Waals surface area contributed by atoms with Crippen LogP contribution in [0, 0.1) is 17.6 Å². The van der Waals surface area contributed by atoms with Crippen molar-refractivity contribution in [1.82, 2.24) is 0 Å². The van der Waals surface area contributed by atoms with Gasteiger partial charge in [0.1, 0.15) is 11.6 Å². The third kappa shape index (κ3) is 4.82. The highest BCUT2D eigenvalue weighted by Gasteiger charge is 2.22. The molecule has 0 radical (unpaired) electrons. The Balaban J connectivity index is 1.77. The number of halogens is 2. The molecule has 0 unspecified atom stereocenters. The Morgan fingerprint density at radius 2 is 1.74 bits per heavy atom. The van der Waals surface area contributed by atoms with Crippen LogP contribution in [-0.4, -0.2) is 14.3 Å². The van der Waals surface area contributed by atoms with Gasteiger partial charge in [0.15, 0.2) is 0 Å². The van der Waals surface area contributed by atoms with E-state index in [-0.39, 0.29) is 28.1 Å². The zero-order valence-corrected chi connectivity index (χ0v) is 15.4. The molecule has 2 aromatic carbocycles. The van der Waals surface area contributed by atoms with E-state index in [9.17, 15) is 22.0 Å².